The van der Waals surface area contributed by atoms with Gasteiger partial charge in [-0.05, 0) is 42.7 Å². The van der Waals surface area contributed by atoms with Crippen molar-refractivity contribution in [3.8, 4) is 0 Å². The highest BCUT2D eigenvalue weighted by Gasteiger charge is 2.38. The molecule has 1 fully saturated rings. The van der Waals surface area contributed by atoms with Gasteiger partial charge in [-0.2, -0.15) is 0 Å². The van der Waals surface area contributed by atoms with Gasteiger partial charge >= 0.3 is 0 Å². The predicted molar refractivity (Wildman–Crippen MR) is 77.1 cm³/mol. The molecular weight excluding hydrogens is 274 g/mol. The SMILES string of the molecule is BrCC1(CN2CCCc3ccccc32)CCC1. The van der Waals surface area contributed by atoms with Gasteiger partial charge in [0.2, 0.25) is 0 Å². The third-order valence-electron chi connectivity index (χ3n) is 4.43. The number of hydrogen-bond acceptors (Lipinski definition) is 1. The highest BCUT2D eigenvalue weighted by molar-refractivity contribution is 9.09. The molecule has 3 rings (SSSR count). The molecule has 0 bridgehead atoms. The Hall–Kier alpha value is -0.500. The quantitative estimate of drug-likeness (QED) is 0.762. The van der Waals surface area contributed by atoms with Crippen LogP contribution in [0.15, 0.2) is 24.3 Å². The minimum absolute atomic E-state index is 0.560. The average molecular weight is 294 g/mol. The number of halogens is 1. The molecule has 2 aliphatic rings. The van der Waals surface area contributed by atoms with Crippen molar-refractivity contribution in [2.45, 2.75) is 32.1 Å². The molecule has 2 heteroatoms. The first-order valence-electron chi connectivity index (χ1n) is 6.72. The summed E-state index contributed by atoms with van der Waals surface area (Å²) in [4.78, 5) is 2.62. The maximum Gasteiger partial charge on any atom is 0.0398 e. The average Bonchev–Trinajstić information content (AvgIpc) is 2.34. The zero-order chi connectivity index (χ0) is 11.7. The van der Waals surface area contributed by atoms with E-state index >= 15 is 0 Å². The molecule has 1 heterocycles. The van der Waals surface area contributed by atoms with Crippen molar-refractivity contribution in [2.24, 2.45) is 5.41 Å². The molecule has 0 atom stereocenters. The van der Waals surface area contributed by atoms with Crippen LogP contribution in [0.25, 0.3) is 0 Å². The molecular formula is C15H20BrN. The highest BCUT2D eigenvalue weighted by Crippen LogP contribution is 2.44. The van der Waals surface area contributed by atoms with Crippen LogP contribution in [0.2, 0.25) is 0 Å². The van der Waals surface area contributed by atoms with Crippen molar-refractivity contribution in [1.82, 2.24) is 0 Å². The maximum atomic E-state index is 3.72. The van der Waals surface area contributed by atoms with Crippen molar-refractivity contribution in [2.75, 3.05) is 23.3 Å². The predicted octanol–water partition coefficient (Wildman–Crippen LogP) is 4.00. The van der Waals surface area contributed by atoms with Crippen LogP contribution in [0.3, 0.4) is 0 Å². The number of fused-ring (bicyclic) bond motifs is 1. The van der Waals surface area contributed by atoms with Gasteiger partial charge in [0.15, 0.2) is 0 Å². The second kappa shape index (κ2) is 4.64. The van der Waals surface area contributed by atoms with E-state index in [-0.39, 0.29) is 0 Å². The van der Waals surface area contributed by atoms with Gasteiger partial charge in [0, 0.05) is 24.1 Å². The fourth-order valence-corrected chi connectivity index (χ4v) is 3.93. The van der Waals surface area contributed by atoms with Gasteiger partial charge in [-0.3, -0.25) is 0 Å². The van der Waals surface area contributed by atoms with Gasteiger partial charge in [-0.1, -0.05) is 40.5 Å². The molecule has 0 radical (unpaired) electrons. The van der Waals surface area contributed by atoms with Crippen LogP contribution in [0.4, 0.5) is 5.69 Å². The first-order valence-corrected chi connectivity index (χ1v) is 7.84. The Balaban J connectivity index is 1.81. The van der Waals surface area contributed by atoms with E-state index in [0.717, 1.165) is 0 Å². The lowest BCUT2D eigenvalue weighted by atomic mass is 9.70. The van der Waals surface area contributed by atoms with Crippen molar-refractivity contribution in [3.05, 3.63) is 29.8 Å². The first kappa shape index (κ1) is 11.6. The van der Waals surface area contributed by atoms with Gasteiger partial charge < -0.3 is 4.90 Å². The monoisotopic (exact) mass is 293 g/mol. The smallest absolute Gasteiger partial charge is 0.0398 e. The Kier molecular flexibility index (Phi) is 3.16. The third-order valence-corrected chi connectivity index (χ3v) is 5.62. The molecule has 1 aliphatic heterocycles. The van der Waals surface area contributed by atoms with Gasteiger partial charge in [0.25, 0.3) is 0 Å². The van der Waals surface area contributed by atoms with Crippen molar-refractivity contribution in [1.29, 1.82) is 0 Å². The summed E-state index contributed by atoms with van der Waals surface area (Å²) in [5.41, 5.74) is 3.60. The van der Waals surface area contributed by atoms with E-state index in [1.807, 2.05) is 0 Å². The molecule has 1 nitrogen and oxygen atoms in total. The minimum atomic E-state index is 0.560. The van der Waals surface area contributed by atoms with Crippen molar-refractivity contribution < 1.29 is 0 Å². The number of benzene rings is 1. The lowest BCUT2D eigenvalue weighted by molar-refractivity contribution is 0.176. The van der Waals surface area contributed by atoms with Gasteiger partial charge in [0.05, 0.1) is 0 Å². The molecule has 0 N–H and O–H groups in total. The van der Waals surface area contributed by atoms with E-state index in [2.05, 4.69) is 45.1 Å². The summed E-state index contributed by atoms with van der Waals surface area (Å²) in [7, 11) is 0. The molecule has 1 aliphatic carbocycles. The van der Waals surface area contributed by atoms with E-state index < -0.39 is 0 Å². The number of hydrogen-bond donors (Lipinski definition) is 0. The zero-order valence-corrected chi connectivity index (χ0v) is 11.9. The molecule has 0 unspecified atom stereocenters. The fraction of sp³-hybridized carbons (Fsp3) is 0.600. The van der Waals surface area contributed by atoms with E-state index in [9.17, 15) is 0 Å². The first-order chi connectivity index (χ1) is 8.33. The molecule has 0 spiro atoms. The summed E-state index contributed by atoms with van der Waals surface area (Å²) in [5, 5.41) is 1.17. The number of para-hydroxylation sites is 1. The topological polar surface area (TPSA) is 3.24 Å². The fourth-order valence-electron chi connectivity index (χ4n) is 3.19. The van der Waals surface area contributed by atoms with E-state index in [1.165, 1.54) is 56.2 Å². The number of rotatable bonds is 3. The Bertz CT molecular complexity index is 392. The molecule has 17 heavy (non-hydrogen) atoms. The molecule has 0 saturated heterocycles. The summed E-state index contributed by atoms with van der Waals surface area (Å²) in [6.07, 6.45) is 6.79. The van der Waals surface area contributed by atoms with Crippen LogP contribution < -0.4 is 4.90 Å². The molecule has 92 valence electrons. The number of alkyl halides is 1. The summed E-state index contributed by atoms with van der Waals surface area (Å²) < 4.78 is 0. The number of anilines is 1. The highest BCUT2D eigenvalue weighted by atomic mass is 79.9. The van der Waals surface area contributed by atoms with Crippen LogP contribution in [-0.4, -0.2) is 18.4 Å². The number of aryl methyl sites for hydroxylation is 1. The molecule has 0 amide bonds. The molecule has 1 saturated carbocycles. The summed E-state index contributed by atoms with van der Waals surface area (Å²) >= 11 is 3.72. The van der Waals surface area contributed by atoms with Crippen molar-refractivity contribution >= 4 is 21.6 Å². The summed E-state index contributed by atoms with van der Waals surface area (Å²) in [6, 6.07) is 8.95. The number of nitrogens with zero attached hydrogens (tertiary/aromatic N) is 1. The third kappa shape index (κ3) is 2.12. The van der Waals surface area contributed by atoms with E-state index in [0.29, 0.717) is 5.41 Å². The minimum Gasteiger partial charge on any atom is -0.371 e. The van der Waals surface area contributed by atoms with Crippen LogP contribution >= 0.6 is 15.9 Å². The Labute approximate surface area is 112 Å². The van der Waals surface area contributed by atoms with E-state index in [1.54, 1.807) is 5.56 Å². The molecule has 1 aromatic carbocycles. The van der Waals surface area contributed by atoms with Crippen LogP contribution in [0.1, 0.15) is 31.2 Å². The second-order valence-corrected chi connectivity index (χ2v) is 6.20. The van der Waals surface area contributed by atoms with Gasteiger partial charge in [0.1, 0.15) is 0 Å². The lowest BCUT2D eigenvalue weighted by Gasteiger charge is -2.46. The maximum absolute atomic E-state index is 3.72. The van der Waals surface area contributed by atoms with Crippen molar-refractivity contribution in [3.63, 3.8) is 0 Å². The standard InChI is InChI=1S/C15H20BrN/c16-11-15(8-4-9-15)12-17-10-3-6-13-5-1-2-7-14(13)17/h1-2,5,7H,3-4,6,8-12H2. The summed E-state index contributed by atoms with van der Waals surface area (Å²) in [6.45, 7) is 2.49. The van der Waals surface area contributed by atoms with Crippen LogP contribution in [0.5, 0.6) is 0 Å². The Morgan fingerprint density at radius 2 is 2.00 bits per heavy atom. The van der Waals surface area contributed by atoms with E-state index in [4.69, 9.17) is 0 Å². The Morgan fingerprint density at radius 3 is 2.71 bits per heavy atom. The summed E-state index contributed by atoms with van der Waals surface area (Å²) in [5.74, 6) is 0. The normalized spacial score (nSPS) is 21.8. The molecule has 1 aromatic rings. The largest absolute Gasteiger partial charge is 0.371 e. The molecule has 0 aromatic heterocycles. The Morgan fingerprint density at radius 1 is 1.18 bits per heavy atom. The zero-order valence-electron chi connectivity index (χ0n) is 10.3. The van der Waals surface area contributed by atoms with Gasteiger partial charge in [-0.25, -0.2) is 0 Å². The second-order valence-electron chi connectivity index (χ2n) is 5.64. The van der Waals surface area contributed by atoms with Gasteiger partial charge in [-0.15, -0.1) is 0 Å². The lowest BCUT2D eigenvalue weighted by Crippen LogP contribution is -2.45. The van der Waals surface area contributed by atoms with Crippen LogP contribution in [-0.2, 0) is 6.42 Å². The van der Waals surface area contributed by atoms with Crippen LogP contribution in [0, 0.1) is 5.41 Å².